The van der Waals surface area contributed by atoms with Crippen LogP contribution in [0.2, 0.25) is 0 Å². The van der Waals surface area contributed by atoms with E-state index in [0.29, 0.717) is 11.6 Å². The lowest BCUT2D eigenvalue weighted by molar-refractivity contribution is -0.165. The van der Waals surface area contributed by atoms with Gasteiger partial charge in [-0.05, 0) is 39.8 Å². The van der Waals surface area contributed by atoms with Crippen molar-refractivity contribution < 1.29 is 14.6 Å². The molecular formula is C17H25NO3. The average Bonchev–Trinajstić information content (AvgIpc) is 2.44. The number of ether oxygens (including phenoxy) is 1. The molecule has 1 fully saturated rings. The summed E-state index contributed by atoms with van der Waals surface area (Å²) in [6, 6.07) is 9.25. The zero-order valence-electron chi connectivity index (χ0n) is 13.2. The fraction of sp³-hybridized carbons (Fsp3) is 0.588. The van der Waals surface area contributed by atoms with Crippen LogP contribution in [0.15, 0.2) is 30.3 Å². The maximum absolute atomic E-state index is 12.1. The van der Waals surface area contributed by atoms with Crippen LogP contribution in [0, 0.1) is 0 Å². The highest BCUT2D eigenvalue weighted by Gasteiger charge is 2.38. The van der Waals surface area contributed by atoms with Crippen LogP contribution in [0.4, 0.5) is 0 Å². The second kappa shape index (κ2) is 6.16. The number of hydrogen-bond acceptors (Lipinski definition) is 4. The number of nitrogens with zero attached hydrogens (tertiary/aromatic N) is 1. The first-order chi connectivity index (χ1) is 9.81. The van der Waals surface area contributed by atoms with Gasteiger partial charge in [0.05, 0.1) is 0 Å². The van der Waals surface area contributed by atoms with Gasteiger partial charge in [0.15, 0.2) is 6.10 Å². The minimum absolute atomic E-state index is 0.0136. The second-order valence-electron chi connectivity index (χ2n) is 6.58. The summed E-state index contributed by atoms with van der Waals surface area (Å²) in [7, 11) is 2.10. The lowest BCUT2D eigenvalue weighted by Gasteiger charge is -2.47. The van der Waals surface area contributed by atoms with Crippen LogP contribution in [0.25, 0.3) is 0 Å². The van der Waals surface area contributed by atoms with Crippen LogP contribution < -0.4 is 0 Å². The van der Waals surface area contributed by atoms with Crippen molar-refractivity contribution in [1.29, 1.82) is 0 Å². The Bertz CT molecular complexity index is 486. The number of likely N-dealkylation sites (tertiary alicyclic amines) is 1. The molecule has 1 aliphatic rings. The molecule has 0 amide bonds. The van der Waals surface area contributed by atoms with Crippen LogP contribution in [0.1, 0.15) is 45.3 Å². The highest BCUT2D eigenvalue weighted by molar-refractivity contribution is 5.76. The van der Waals surface area contributed by atoms with Crippen molar-refractivity contribution in [2.45, 2.75) is 57.4 Å². The van der Waals surface area contributed by atoms with Crippen molar-refractivity contribution in [2.75, 3.05) is 7.05 Å². The van der Waals surface area contributed by atoms with Crippen LogP contribution in [0.3, 0.4) is 0 Å². The number of rotatable bonds is 3. The molecule has 0 aromatic heterocycles. The first-order valence-electron chi connectivity index (χ1n) is 7.47. The minimum Gasteiger partial charge on any atom is -0.460 e. The third-order valence-electron chi connectivity index (χ3n) is 4.57. The second-order valence-corrected chi connectivity index (χ2v) is 6.58. The lowest BCUT2D eigenvalue weighted by Crippen LogP contribution is -2.54. The topological polar surface area (TPSA) is 49.8 Å². The predicted octanol–water partition coefficient (Wildman–Crippen LogP) is 2.52. The molecule has 21 heavy (non-hydrogen) atoms. The summed E-state index contributed by atoms with van der Waals surface area (Å²) in [6.07, 6.45) is 0.232. The predicted molar refractivity (Wildman–Crippen MR) is 81.8 cm³/mol. The third kappa shape index (κ3) is 3.63. The molecule has 1 heterocycles. The van der Waals surface area contributed by atoms with E-state index in [9.17, 15) is 9.90 Å². The summed E-state index contributed by atoms with van der Waals surface area (Å²) < 4.78 is 5.55. The zero-order valence-corrected chi connectivity index (χ0v) is 13.2. The van der Waals surface area contributed by atoms with Crippen LogP contribution in [-0.2, 0) is 9.53 Å². The normalized spacial score (nSPS) is 27.1. The van der Waals surface area contributed by atoms with E-state index in [1.54, 1.807) is 24.3 Å². The molecule has 2 rings (SSSR count). The number of esters is 1. The molecule has 1 aliphatic heterocycles. The van der Waals surface area contributed by atoms with Gasteiger partial charge in [-0.3, -0.25) is 4.90 Å². The number of aliphatic hydroxyl groups excluding tert-OH is 1. The van der Waals surface area contributed by atoms with Gasteiger partial charge in [0.25, 0.3) is 0 Å². The fourth-order valence-corrected chi connectivity index (χ4v) is 3.01. The molecule has 0 unspecified atom stereocenters. The Kier molecular flexibility index (Phi) is 4.69. The maximum Gasteiger partial charge on any atom is 0.339 e. The smallest absolute Gasteiger partial charge is 0.339 e. The summed E-state index contributed by atoms with van der Waals surface area (Å²) in [5.74, 6) is -0.557. The average molecular weight is 291 g/mol. The van der Waals surface area contributed by atoms with E-state index >= 15 is 0 Å². The SMILES string of the molecule is C[C@H]1C[C@H](OC(=O)[C@@H](O)c2ccccc2)CC(C)(C)N1C. The van der Waals surface area contributed by atoms with E-state index in [2.05, 4.69) is 32.7 Å². The first-order valence-corrected chi connectivity index (χ1v) is 7.47. The highest BCUT2D eigenvalue weighted by Crippen LogP contribution is 2.32. The third-order valence-corrected chi connectivity index (χ3v) is 4.57. The van der Waals surface area contributed by atoms with Crippen molar-refractivity contribution in [3.8, 4) is 0 Å². The van der Waals surface area contributed by atoms with E-state index in [1.165, 1.54) is 0 Å². The van der Waals surface area contributed by atoms with E-state index in [1.807, 2.05) is 6.07 Å². The molecule has 0 aliphatic carbocycles. The van der Waals surface area contributed by atoms with Crippen molar-refractivity contribution in [1.82, 2.24) is 4.90 Å². The van der Waals surface area contributed by atoms with Crippen LogP contribution >= 0.6 is 0 Å². The molecule has 0 radical (unpaired) electrons. The van der Waals surface area contributed by atoms with Crippen LogP contribution in [-0.4, -0.2) is 40.7 Å². The largest absolute Gasteiger partial charge is 0.460 e. The van der Waals surface area contributed by atoms with E-state index < -0.39 is 12.1 Å². The molecule has 4 heteroatoms. The van der Waals surface area contributed by atoms with Crippen molar-refractivity contribution in [2.24, 2.45) is 0 Å². The van der Waals surface area contributed by atoms with Crippen molar-refractivity contribution in [3.05, 3.63) is 35.9 Å². The molecule has 0 bridgehead atoms. The van der Waals surface area contributed by atoms with Crippen molar-refractivity contribution in [3.63, 3.8) is 0 Å². The Morgan fingerprint density at radius 2 is 2.00 bits per heavy atom. The van der Waals surface area contributed by atoms with Gasteiger partial charge in [0.2, 0.25) is 0 Å². The van der Waals surface area contributed by atoms with Gasteiger partial charge in [0.1, 0.15) is 6.10 Å². The van der Waals surface area contributed by atoms with Gasteiger partial charge in [0, 0.05) is 18.0 Å². The van der Waals surface area contributed by atoms with Gasteiger partial charge in [-0.25, -0.2) is 4.79 Å². The fourth-order valence-electron chi connectivity index (χ4n) is 3.01. The lowest BCUT2D eigenvalue weighted by atomic mass is 9.85. The van der Waals surface area contributed by atoms with E-state index in [4.69, 9.17) is 4.74 Å². The number of carbonyl (C=O) groups excluding carboxylic acids is 1. The summed E-state index contributed by atoms with van der Waals surface area (Å²) in [6.45, 7) is 6.43. The summed E-state index contributed by atoms with van der Waals surface area (Å²) in [5.41, 5.74) is 0.558. The van der Waals surface area contributed by atoms with E-state index in [-0.39, 0.29) is 11.6 Å². The molecule has 4 nitrogen and oxygen atoms in total. The quantitative estimate of drug-likeness (QED) is 0.869. The van der Waals surface area contributed by atoms with Gasteiger partial charge in [-0.2, -0.15) is 0 Å². The highest BCUT2D eigenvalue weighted by atomic mass is 16.6. The maximum atomic E-state index is 12.1. The number of hydrogen-bond donors (Lipinski definition) is 1. The Balaban J connectivity index is 2.00. The van der Waals surface area contributed by atoms with Gasteiger partial charge in [-0.15, -0.1) is 0 Å². The Morgan fingerprint density at radius 3 is 2.57 bits per heavy atom. The Morgan fingerprint density at radius 1 is 1.38 bits per heavy atom. The molecule has 1 aromatic carbocycles. The Hall–Kier alpha value is -1.39. The molecule has 0 saturated carbocycles. The minimum atomic E-state index is -1.20. The number of benzene rings is 1. The molecule has 1 N–H and O–H groups in total. The molecule has 0 spiro atoms. The number of piperidine rings is 1. The first kappa shape index (κ1) is 16.0. The van der Waals surface area contributed by atoms with Crippen LogP contribution in [0.5, 0.6) is 0 Å². The van der Waals surface area contributed by atoms with Crippen molar-refractivity contribution >= 4 is 5.97 Å². The summed E-state index contributed by atoms with van der Waals surface area (Å²) in [4.78, 5) is 14.4. The number of carbonyl (C=O) groups is 1. The van der Waals surface area contributed by atoms with Gasteiger partial charge in [-0.1, -0.05) is 30.3 Å². The Labute approximate surface area is 126 Å². The summed E-state index contributed by atoms with van der Waals surface area (Å²) in [5, 5.41) is 10.1. The molecule has 116 valence electrons. The zero-order chi connectivity index (χ0) is 15.6. The number of aliphatic hydroxyl groups is 1. The molecular weight excluding hydrogens is 266 g/mol. The summed E-state index contributed by atoms with van der Waals surface area (Å²) >= 11 is 0. The monoisotopic (exact) mass is 291 g/mol. The molecule has 1 saturated heterocycles. The van der Waals surface area contributed by atoms with E-state index in [0.717, 1.165) is 12.8 Å². The molecule has 3 atom stereocenters. The standard InChI is InChI=1S/C17H25NO3/c1-12-10-14(11-17(2,3)18(12)4)21-16(20)15(19)13-8-6-5-7-9-13/h5-9,12,14-15,19H,10-11H2,1-4H3/t12-,14-,15-/m0/s1. The van der Waals surface area contributed by atoms with Gasteiger partial charge >= 0.3 is 5.97 Å². The van der Waals surface area contributed by atoms with Gasteiger partial charge < -0.3 is 9.84 Å². The molecule has 1 aromatic rings.